The molecule has 0 heterocycles. The highest BCUT2D eigenvalue weighted by Crippen LogP contribution is 2.18. The van der Waals surface area contributed by atoms with Crippen LogP contribution in [0.3, 0.4) is 0 Å². The van der Waals surface area contributed by atoms with E-state index in [4.69, 9.17) is 5.73 Å². The zero-order chi connectivity index (χ0) is 15.1. The highest BCUT2D eigenvalue weighted by atomic mass is 16.2. The third-order valence-electron chi connectivity index (χ3n) is 3.02. The molecule has 1 aromatic rings. The Labute approximate surface area is 120 Å². The summed E-state index contributed by atoms with van der Waals surface area (Å²) in [6.45, 7) is 2.50. The summed E-state index contributed by atoms with van der Waals surface area (Å²) in [4.78, 5) is 25.2. The zero-order valence-corrected chi connectivity index (χ0v) is 12.4. The molecule has 5 heteroatoms. The second-order valence-electron chi connectivity index (χ2n) is 5.02. The van der Waals surface area contributed by atoms with Gasteiger partial charge in [0, 0.05) is 31.8 Å². The third-order valence-corrected chi connectivity index (χ3v) is 3.02. The molecular formula is C15H23N3O2. The van der Waals surface area contributed by atoms with Gasteiger partial charge in [-0.3, -0.25) is 9.59 Å². The van der Waals surface area contributed by atoms with Gasteiger partial charge < -0.3 is 16.0 Å². The number of hydrogen-bond acceptors (Lipinski definition) is 3. The van der Waals surface area contributed by atoms with Crippen LogP contribution >= 0.6 is 0 Å². The molecule has 110 valence electrons. The van der Waals surface area contributed by atoms with Gasteiger partial charge in [0.05, 0.1) is 0 Å². The van der Waals surface area contributed by atoms with E-state index in [0.717, 1.165) is 18.4 Å². The molecule has 0 saturated carbocycles. The number of unbranched alkanes of at least 4 members (excludes halogenated alkanes) is 1. The van der Waals surface area contributed by atoms with Crippen molar-refractivity contribution in [3.63, 3.8) is 0 Å². The molecule has 0 unspecified atom stereocenters. The topological polar surface area (TPSA) is 75.4 Å². The maximum atomic E-state index is 11.9. The Kier molecular flexibility index (Phi) is 6.18. The fourth-order valence-corrected chi connectivity index (χ4v) is 1.79. The third kappa shape index (κ3) is 4.66. The molecule has 0 aromatic heterocycles. The molecule has 1 rings (SSSR count). The van der Waals surface area contributed by atoms with Gasteiger partial charge >= 0.3 is 0 Å². The van der Waals surface area contributed by atoms with Crippen molar-refractivity contribution in [3.8, 4) is 0 Å². The number of nitrogens with zero attached hydrogens (tertiary/aromatic N) is 1. The average Bonchev–Trinajstić information content (AvgIpc) is 2.40. The second kappa shape index (κ2) is 7.65. The minimum absolute atomic E-state index is 0.0454. The standard InChI is InChI=1S/C15H23N3O2/c1-11-7-8-12(15(20)18(2)3)10-13(11)17-14(19)6-4-5-9-16/h7-8,10H,4-6,9,16H2,1-3H3,(H,17,19). The van der Waals surface area contributed by atoms with Crippen molar-refractivity contribution in [1.82, 2.24) is 4.90 Å². The first-order valence-electron chi connectivity index (χ1n) is 6.78. The molecule has 0 bridgehead atoms. The van der Waals surface area contributed by atoms with Crippen LogP contribution in [-0.4, -0.2) is 37.4 Å². The normalized spacial score (nSPS) is 10.2. The summed E-state index contributed by atoms with van der Waals surface area (Å²) in [7, 11) is 3.40. The number of hydrogen-bond donors (Lipinski definition) is 2. The molecular weight excluding hydrogens is 254 g/mol. The van der Waals surface area contributed by atoms with Crippen molar-refractivity contribution in [1.29, 1.82) is 0 Å². The number of nitrogens with one attached hydrogen (secondary N) is 1. The molecule has 20 heavy (non-hydrogen) atoms. The van der Waals surface area contributed by atoms with Gasteiger partial charge in [0.15, 0.2) is 0 Å². The molecule has 2 amide bonds. The van der Waals surface area contributed by atoms with Crippen LogP contribution in [0.4, 0.5) is 5.69 Å². The molecule has 0 radical (unpaired) electrons. The molecule has 0 spiro atoms. The lowest BCUT2D eigenvalue weighted by Crippen LogP contribution is -2.22. The number of rotatable bonds is 6. The Morgan fingerprint density at radius 1 is 1.25 bits per heavy atom. The molecule has 1 aromatic carbocycles. The Morgan fingerprint density at radius 3 is 2.55 bits per heavy atom. The first-order chi connectivity index (χ1) is 9.45. The lowest BCUT2D eigenvalue weighted by molar-refractivity contribution is -0.116. The minimum Gasteiger partial charge on any atom is -0.345 e. The Balaban J connectivity index is 2.76. The van der Waals surface area contributed by atoms with E-state index in [1.54, 1.807) is 26.2 Å². The first kappa shape index (κ1) is 16.2. The Bertz CT molecular complexity index is 484. The van der Waals surface area contributed by atoms with Gasteiger partial charge in [-0.05, 0) is 44.0 Å². The highest BCUT2D eigenvalue weighted by Gasteiger charge is 2.11. The summed E-state index contributed by atoms with van der Waals surface area (Å²) in [6.07, 6.45) is 2.06. The Hall–Kier alpha value is -1.88. The predicted octanol–water partition coefficient (Wildman–Crippen LogP) is 1.76. The molecule has 0 saturated heterocycles. The van der Waals surface area contributed by atoms with Crippen molar-refractivity contribution < 1.29 is 9.59 Å². The number of carbonyl (C=O) groups excluding carboxylic acids is 2. The number of aryl methyl sites for hydroxylation is 1. The van der Waals surface area contributed by atoms with Crippen LogP contribution in [0.15, 0.2) is 18.2 Å². The van der Waals surface area contributed by atoms with Crippen LogP contribution in [0.1, 0.15) is 35.2 Å². The van der Waals surface area contributed by atoms with Crippen LogP contribution < -0.4 is 11.1 Å². The highest BCUT2D eigenvalue weighted by molar-refractivity contribution is 5.97. The lowest BCUT2D eigenvalue weighted by Gasteiger charge is -2.13. The zero-order valence-electron chi connectivity index (χ0n) is 12.4. The lowest BCUT2D eigenvalue weighted by atomic mass is 10.1. The molecule has 3 N–H and O–H groups in total. The Morgan fingerprint density at radius 2 is 1.95 bits per heavy atom. The summed E-state index contributed by atoms with van der Waals surface area (Å²) < 4.78 is 0. The smallest absolute Gasteiger partial charge is 0.253 e. The molecule has 5 nitrogen and oxygen atoms in total. The minimum atomic E-state index is -0.0800. The van der Waals surface area contributed by atoms with Crippen molar-refractivity contribution in [3.05, 3.63) is 29.3 Å². The van der Waals surface area contributed by atoms with E-state index >= 15 is 0 Å². The molecule has 0 fully saturated rings. The van der Waals surface area contributed by atoms with E-state index in [-0.39, 0.29) is 11.8 Å². The number of anilines is 1. The van der Waals surface area contributed by atoms with Gasteiger partial charge in [-0.2, -0.15) is 0 Å². The van der Waals surface area contributed by atoms with Crippen LogP contribution in [0, 0.1) is 6.92 Å². The summed E-state index contributed by atoms with van der Waals surface area (Å²) in [5.74, 6) is -0.125. The van der Waals surface area contributed by atoms with E-state index in [0.29, 0.717) is 24.2 Å². The van der Waals surface area contributed by atoms with Crippen molar-refractivity contribution in [2.75, 3.05) is 26.0 Å². The molecule has 0 aliphatic rings. The fraction of sp³-hybridized carbons (Fsp3) is 0.467. The van der Waals surface area contributed by atoms with E-state index in [9.17, 15) is 9.59 Å². The molecule has 0 atom stereocenters. The first-order valence-corrected chi connectivity index (χ1v) is 6.78. The van der Waals surface area contributed by atoms with Gasteiger partial charge in [0.25, 0.3) is 5.91 Å². The van der Waals surface area contributed by atoms with Crippen molar-refractivity contribution >= 4 is 17.5 Å². The van der Waals surface area contributed by atoms with Gasteiger partial charge in [-0.25, -0.2) is 0 Å². The van der Waals surface area contributed by atoms with E-state index < -0.39 is 0 Å². The SMILES string of the molecule is Cc1ccc(C(=O)N(C)C)cc1NC(=O)CCCCN. The maximum absolute atomic E-state index is 11.9. The fourth-order valence-electron chi connectivity index (χ4n) is 1.79. The monoisotopic (exact) mass is 277 g/mol. The largest absolute Gasteiger partial charge is 0.345 e. The number of nitrogens with two attached hydrogens (primary N) is 1. The predicted molar refractivity (Wildman–Crippen MR) is 80.7 cm³/mol. The molecule has 0 aliphatic heterocycles. The molecule has 0 aliphatic carbocycles. The summed E-state index contributed by atoms with van der Waals surface area (Å²) in [5.41, 5.74) is 7.59. The van der Waals surface area contributed by atoms with E-state index in [2.05, 4.69) is 5.32 Å². The quantitative estimate of drug-likeness (QED) is 0.778. The van der Waals surface area contributed by atoms with Crippen LogP contribution in [-0.2, 0) is 4.79 Å². The maximum Gasteiger partial charge on any atom is 0.253 e. The van der Waals surface area contributed by atoms with Crippen LogP contribution in [0.5, 0.6) is 0 Å². The van der Waals surface area contributed by atoms with E-state index in [1.807, 2.05) is 13.0 Å². The number of amides is 2. The van der Waals surface area contributed by atoms with Crippen LogP contribution in [0.2, 0.25) is 0 Å². The second-order valence-corrected chi connectivity index (χ2v) is 5.02. The summed E-state index contributed by atoms with van der Waals surface area (Å²) in [6, 6.07) is 5.33. The van der Waals surface area contributed by atoms with Crippen molar-refractivity contribution in [2.45, 2.75) is 26.2 Å². The van der Waals surface area contributed by atoms with Gasteiger partial charge in [-0.15, -0.1) is 0 Å². The van der Waals surface area contributed by atoms with Gasteiger partial charge in [-0.1, -0.05) is 6.07 Å². The van der Waals surface area contributed by atoms with Crippen LogP contribution in [0.25, 0.3) is 0 Å². The van der Waals surface area contributed by atoms with Gasteiger partial charge in [0.2, 0.25) is 5.91 Å². The van der Waals surface area contributed by atoms with Crippen molar-refractivity contribution in [2.24, 2.45) is 5.73 Å². The van der Waals surface area contributed by atoms with E-state index in [1.165, 1.54) is 4.90 Å². The number of carbonyl (C=O) groups is 2. The summed E-state index contributed by atoms with van der Waals surface area (Å²) in [5, 5.41) is 2.85. The average molecular weight is 277 g/mol. The van der Waals surface area contributed by atoms with Gasteiger partial charge in [0.1, 0.15) is 0 Å². The summed E-state index contributed by atoms with van der Waals surface area (Å²) >= 11 is 0. The number of benzene rings is 1.